The fraction of sp³-hybridized carbons (Fsp3) is 0.0833. The number of ether oxygens (including phenoxy) is 2. The number of benzene rings is 3. The molecule has 150 valence electrons. The zero-order valence-electron chi connectivity index (χ0n) is 15.9. The predicted molar refractivity (Wildman–Crippen MR) is 122 cm³/mol. The van der Waals surface area contributed by atoms with Gasteiger partial charge in [-0.3, -0.25) is 9.59 Å². The van der Waals surface area contributed by atoms with E-state index in [2.05, 4.69) is 31.9 Å². The van der Waals surface area contributed by atoms with E-state index in [9.17, 15) is 9.59 Å². The lowest BCUT2D eigenvalue weighted by Crippen LogP contribution is -2.01. The van der Waals surface area contributed by atoms with E-state index in [-0.39, 0.29) is 17.1 Å². The summed E-state index contributed by atoms with van der Waals surface area (Å²) < 4.78 is 13.3. The molecular weight excluding hydrogens is 512 g/mol. The van der Waals surface area contributed by atoms with E-state index in [0.29, 0.717) is 34.8 Å². The van der Waals surface area contributed by atoms with Gasteiger partial charge in [0.25, 0.3) is 0 Å². The number of Topliss-reactive ketones (excluding diaryl/α,β-unsaturated/α-hetero) is 2. The van der Waals surface area contributed by atoms with Crippen molar-refractivity contribution in [1.29, 1.82) is 0 Å². The van der Waals surface area contributed by atoms with Crippen molar-refractivity contribution >= 4 is 49.5 Å². The van der Waals surface area contributed by atoms with Crippen LogP contribution in [0.15, 0.2) is 75.2 Å². The number of fused-ring (bicyclic) bond motifs is 1. The van der Waals surface area contributed by atoms with Gasteiger partial charge >= 0.3 is 0 Å². The third-order valence-electron chi connectivity index (χ3n) is 4.80. The minimum absolute atomic E-state index is 0.158. The number of carbonyl (C=O) groups is 2. The summed E-state index contributed by atoms with van der Waals surface area (Å²) in [7, 11) is 1.55. The highest BCUT2D eigenvalue weighted by Crippen LogP contribution is 2.33. The van der Waals surface area contributed by atoms with Gasteiger partial charge < -0.3 is 9.47 Å². The molecule has 0 aromatic heterocycles. The number of allylic oxidation sites excluding steroid dienone is 1. The van der Waals surface area contributed by atoms with E-state index < -0.39 is 0 Å². The molecule has 6 heteroatoms. The molecule has 4 nitrogen and oxygen atoms in total. The van der Waals surface area contributed by atoms with Crippen LogP contribution < -0.4 is 9.47 Å². The lowest BCUT2D eigenvalue weighted by atomic mass is 10.1. The molecule has 4 rings (SSSR count). The van der Waals surface area contributed by atoms with Gasteiger partial charge in [-0.1, -0.05) is 68.3 Å². The minimum atomic E-state index is -0.255. The third kappa shape index (κ3) is 3.98. The van der Waals surface area contributed by atoms with Gasteiger partial charge in [-0.25, -0.2) is 0 Å². The van der Waals surface area contributed by atoms with Crippen molar-refractivity contribution in [3.05, 3.63) is 97.4 Å². The molecule has 3 aromatic carbocycles. The van der Waals surface area contributed by atoms with Crippen LogP contribution in [-0.4, -0.2) is 18.7 Å². The summed E-state index contributed by atoms with van der Waals surface area (Å²) in [6.07, 6.45) is 1.60. The Morgan fingerprint density at radius 1 is 0.867 bits per heavy atom. The van der Waals surface area contributed by atoms with E-state index in [0.717, 1.165) is 14.5 Å². The van der Waals surface area contributed by atoms with E-state index in [4.69, 9.17) is 9.47 Å². The number of ketones is 2. The summed E-state index contributed by atoms with van der Waals surface area (Å²) in [4.78, 5) is 25.2. The van der Waals surface area contributed by atoms with Crippen LogP contribution >= 0.6 is 31.9 Å². The van der Waals surface area contributed by atoms with Gasteiger partial charge in [-0.15, -0.1) is 0 Å². The standard InChI is InChI=1S/C24H16Br2O4/c1-29-22-11-14(10-19-23(27)17-4-2-3-5-18(17)24(19)28)6-9-21(22)30-13-15-7-8-16(25)12-20(15)26/h2-12H,13H2,1H3. The Labute approximate surface area is 190 Å². The number of hydrogen-bond donors (Lipinski definition) is 0. The smallest absolute Gasteiger partial charge is 0.197 e. The van der Waals surface area contributed by atoms with E-state index in [1.807, 2.05) is 18.2 Å². The van der Waals surface area contributed by atoms with Crippen molar-refractivity contribution in [2.45, 2.75) is 6.61 Å². The quantitative estimate of drug-likeness (QED) is 0.290. The lowest BCUT2D eigenvalue weighted by Gasteiger charge is -2.12. The first-order chi connectivity index (χ1) is 14.5. The Morgan fingerprint density at radius 3 is 2.20 bits per heavy atom. The van der Waals surface area contributed by atoms with Crippen LogP contribution in [0.2, 0.25) is 0 Å². The number of carbonyl (C=O) groups excluding carboxylic acids is 2. The molecule has 30 heavy (non-hydrogen) atoms. The topological polar surface area (TPSA) is 52.6 Å². The maximum absolute atomic E-state index is 12.6. The highest BCUT2D eigenvalue weighted by atomic mass is 79.9. The van der Waals surface area contributed by atoms with Crippen LogP contribution in [0.5, 0.6) is 11.5 Å². The van der Waals surface area contributed by atoms with Crippen molar-refractivity contribution in [2.75, 3.05) is 7.11 Å². The summed E-state index contributed by atoms with van der Waals surface area (Å²) in [5.74, 6) is 0.583. The monoisotopic (exact) mass is 526 g/mol. The molecule has 0 spiro atoms. The molecule has 0 N–H and O–H groups in total. The van der Waals surface area contributed by atoms with Crippen molar-refractivity contribution in [2.24, 2.45) is 0 Å². The summed E-state index contributed by atoms with van der Waals surface area (Å²) in [6, 6.07) is 18.1. The molecule has 0 aliphatic heterocycles. The van der Waals surface area contributed by atoms with Crippen molar-refractivity contribution in [3.63, 3.8) is 0 Å². The molecule has 0 radical (unpaired) electrons. The van der Waals surface area contributed by atoms with Gasteiger partial charge in [0.05, 0.1) is 12.7 Å². The van der Waals surface area contributed by atoms with E-state index in [1.165, 1.54) is 0 Å². The Bertz CT molecular complexity index is 1160. The Morgan fingerprint density at radius 2 is 1.57 bits per heavy atom. The van der Waals surface area contributed by atoms with E-state index >= 15 is 0 Å². The van der Waals surface area contributed by atoms with E-state index in [1.54, 1.807) is 55.7 Å². The molecule has 1 aliphatic rings. The van der Waals surface area contributed by atoms with Gasteiger partial charge in [0, 0.05) is 25.6 Å². The average Bonchev–Trinajstić information content (AvgIpc) is 2.99. The number of hydrogen-bond acceptors (Lipinski definition) is 4. The minimum Gasteiger partial charge on any atom is -0.493 e. The van der Waals surface area contributed by atoms with Gasteiger partial charge in [-0.2, -0.15) is 0 Å². The van der Waals surface area contributed by atoms with Crippen molar-refractivity contribution < 1.29 is 19.1 Å². The maximum Gasteiger partial charge on any atom is 0.197 e. The molecule has 0 amide bonds. The molecule has 0 fully saturated rings. The van der Waals surface area contributed by atoms with Gasteiger partial charge in [0.2, 0.25) is 0 Å². The van der Waals surface area contributed by atoms with Crippen LogP contribution in [0.25, 0.3) is 6.08 Å². The maximum atomic E-state index is 12.6. The van der Waals surface area contributed by atoms with Crippen LogP contribution in [0.3, 0.4) is 0 Å². The van der Waals surface area contributed by atoms with Crippen molar-refractivity contribution in [3.8, 4) is 11.5 Å². The molecule has 0 atom stereocenters. The van der Waals surface area contributed by atoms with Gasteiger partial charge in [-0.05, 0) is 35.9 Å². The predicted octanol–water partition coefficient (Wildman–Crippen LogP) is 6.26. The first kappa shape index (κ1) is 20.6. The number of methoxy groups -OCH3 is 1. The van der Waals surface area contributed by atoms with Crippen molar-refractivity contribution in [1.82, 2.24) is 0 Å². The Hall–Kier alpha value is -2.70. The van der Waals surface area contributed by atoms with Crippen LogP contribution in [0.4, 0.5) is 0 Å². The highest BCUT2D eigenvalue weighted by molar-refractivity contribution is 9.11. The zero-order valence-corrected chi connectivity index (χ0v) is 19.1. The van der Waals surface area contributed by atoms with Gasteiger partial charge in [0.15, 0.2) is 23.1 Å². The molecule has 0 saturated heterocycles. The highest BCUT2D eigenvalue weighted by Gasteiger charge is 2.32. The molecule has 1 aliphatic carbocycles. The van der Waals surface area contributed by atoms with Gasteiger partial charge in [0.1, 0.15) is 6.61 Å². The molecular formula is C24H16Br2O4. The summed E-state index contributed by atoms with van der Waals surface area (Å²) in [5, 5.41) is 0. The zero-order chi connectivity index (χ0) is 21.3. The SMILES string of the molecule is COc1cc(C=C2C(=O)c3ccccc3C2=O)ccc1OCc1ccc(Br)cc1Br. The summed E-state index contributed by atoms with van der Waals surface area (Å²) in [6.45, 7) is 0.358. The van der Waals surface area contributed by atoms with Crippen LogP contribution in [0.1, 0.15) is 31.8 Å². The second-order valence-corrected chi connectivity index (χ2v) is 8.47. The average molecular weight is 528 g/mol. The van der Waals surface area contributed by atoms with Crippen LogP contribution in [0, 0.1) is 0 Å². The first-order valence-electron chi connectivity index (χ1n) is 9.13. The molecule has 0 heterocycles. The lowest BCUT2D eigenvalue weighted by molar-refractivity contribution is 0.0990. The first-order valence-corrected chi connectivity index (χ1v) is 10.7. The fourth-order valence-electron chi connectivity index (χ4n) is 3.26. The third-order valence-corrected chi connectivity index (χ3v) is 6.03. The molecule has 0 saturated carbocycles. The second-order valence-electron chi connectivity index (χ2n) is 6.70. The second kappa shape index (κ2) is 8.58. The molecule has 0 unspecified atom stereocenters. The number of rotatable bonds is 5. The summed E-state index contributed by atoms with van der Waals surface area (Å²) in [5.41, 5.74) is 2.73. The Kier molecular flexibility index (Phi) is 5.88. The summed E-state index contributed by atoms with van der Waals surface area (Å²) >= 11 is 6.96. The largest absolute Gasteiger partial charge is 0.493 e. The molecule has 3 aromatic rings. The Balaban J connectivity index is 1.58. The normalized spacial score (nSPS) is 12.7. The number of halogens is 2. The van der Waals surface area contributed by atoms with Crippen LogP contribution in [-0.2, 0) is 6.61 Å². The molecule has 0 bridgehead atoms. The fourth-order valence-corrected chi connectivity index (χ4v) is 4.42.